The van der Waals surface area contributed by atoms with E-state index in [4.69, 9.17) is 0 Å². The molecule has 0 saturated heterocycles. The number of hydrogen-bond donors (Lipinski definition) is 1. The number of hydrogen-bond acceptors (Lipinski definition) is 3. The summed E-state index contributed by atoms with van der Waals surface area (Å²) in [7, 11) is 4.06. The molecule has 1 atom stereocenters. The van der Waals surface area contributed by atoms with Crippen LogP contribution in [0.3, 0.4) is 0 Å². The molecule has 1 aromatic carbocycles. The molecule has 21 heavy (non-hydrogen) atoms. The molecule has 0 saturated carbocycles. The van der Waals surface area contributed by atoms with Crippen molar-refractivity contribution in [2.75, 3.05) is 20.6 Å². The Hall–Kier alpha value is -1.65. The van der Waals surface area contributed by atoms with Gasteiger partial charge in [0.15, 0.2) is 0 Å². The Labute approximate surface area is 130 Å². The SMILES string of the molecule is Cc1ccc(C(=O)NC[C@@H](c2ccsc2)N(C)C)cc1C. The van der Waals surface area contributed by atoms with E-state index in [0.29, 0.717) is 6.54 Å². The predicted molar refractivity (Wildman–Crippen MR) is 89.0 cm³/mol. The van der Waals surface area contributed by atoms with E-state index in [1.807, 2.05) is 39.2 Å². The van der Waals surface area contributed by atoms with Crippen LogP contribution in [0.5, 0.6) is 0 Å². The Morgan fingerprint density at radius 3 is 2.57 bits per heavy atom. The molecule has 1 heterocycles. The lowest BCUT2D eigenvalue weighted by Gasteiger charge is -2.24. The molecule has 1 amide bonds. The number of benzene rings is 1. The number of thiophene rings is 1. The van der Waals surface area contributed by atoms with Gasteiger partial charge in [-0.25, -0.2) is 0 Å². The quantitative estimate of drug-likeness (QED) is 0.918. The van der Waals surface area contributed by atoms with Gasteiger partial charge in [-0.2, -0.15) is 11.3 Å². The van der Waals surface area contributed by atoms with Gasteiger partial charge in [-0.1, -0.05) is 6.07 Å². The first-order chi connectivity index (χ1) is 9.99. The van der Waals surface area contributed by atoms with Crippen LogP contribution in [0.4, 0.5) is 0 Å². The first-order valence-corrected chi connectivity index (χ1v) is 7.97. The van der Waals surface area contributed by atoms with Crippen molar-refractivity contribution in [3.8, 4) is 0 Å². The van der Waals surface area contributed by atoms with E-state index in [-0.39, 0.29) is 11.9 Å². The van der Waals surface area contributed by atoms with E-state index < -0.39 is 0 Å². The molecular weight excluding hydrogens is 280 g/mol. The van der Waals surface area contributed by atoms with Crippen LogP contribution in [-0.2, 0) is 0 Å². The summed E-state index contributed by atoms with van der Waals surface area (Å²) in [6, 6.07) is 8.13. The minimum Gasteiger partial charge on any atom is -0.350 e. The van der Waals surface area contributed by atoms with Crippen LogP contribution in [0.1, 0.15) is 33.1 Å². The van der Waals surface area contributed by atoms with Crippen LogP contribution in [-0.4, -0.2) is 31.4 Å². The minimum atomic E-state index is -0.0137. The van der Waals surface area contributed by atoms with Gasteiger partial charge in [-0.3, -0.25) is 4.79 Å². The van der Waals surface area contributed by atoms with Gasteiger partial charge in [0.2, 0.25) is 0 Å². The maximum absolute atomic E-state index is 12.3. The molecule has 3 nitrogen and oxygen atoms in total. The lowest BCUT2D eigenvalue weighted by molar-refractivity contribution is 0.0942. The largest absolute Gasteiger partial charge is 0.350 e. The standard InChI is InChI=1S/C17H22N2OS/c1-12-5-6-14(9-13(12)2)17(20)18-10-16(19(3)4)15-7-8-21-11-15/h5-9,11,16H,10H2,1-4H3,(H,18,20)/t16-/m0/s1. The molecule has 1 aromatic heterocycles. The molecule has 0 spiro atoms. The van der Waals surface area contributed by atoms with Gasteiger partial charge < -0.3 is 10.2 Å². The van der Waals surface area contributed by atoms with Crippen molar-refractivity contribution < 1.29 is 4.79 Å². The summed E-state index contributed by atoms with van der Waals surface area (Å²) in [5.41, 5.74) is 4.31. The zero-order valence-electron chi connectivity index (χ0n) is 13.0. The first-order valence-electron chi connectivity index (χ1n) is 7.03. The summed E-state index contributed by atoms with van der Waals surface area (Å²) in [6.45, 7) is 4.69. The highest BCUT2D eigenvalue weighted by molar-refractivity contribution is 7.07. The lowest BCUT2D eigenvalue weighted by atomic mass is 10.1. The van der Waals surface area contributed by atoms with Crippen LogP contribution >= 0.6 is 11.3 Å². The number of carbonyl (C=O) groups excluding carboxylic acids is 1. The Bertz CT molecular complexity index is 605. The molecule has 0 aliphatic carbocycles. The van der Waals surface area contributed by atoms with E-state index in [1.54, 1.807) is 11.3 Å². The van der Waals surface area contributed by atoms with Crippen LogP contribution in [0.25, 0.3) is 0 Å². The second-order valence-corrected chi connectivity index (χ2v) is 6.33. The molecule has 2 aromatic rings. The number of amides is 1. The second kappa shape index (κ2) is 6.87. The van der Waals surface area contributed by atoms with E-state index >= 15 is 0 Å². The molecular formula is C17H22N2OS. The maximum Gasteiger partial charge on any atom is 0.251 e. The summed E-state index contributed by atoms with van der Waals surface area (Å²) in [4.78, 5) is 14.4. The van der Waals surface area contributed by atoms with Crippen molar-refractivity contribution in [2.24, 2.45) is 0 Å². The van der Waals surface area contributed by atoms with Crippen molar-refractivity contribution in [3.05, 3.63) is 57.3 Å². The third-order valence-corrected chi connectivity index (χ3v) is 4.48. The molecule has 2 rings (SSSR count). The molecule has 0 radical (unpaired) electrons. The second-order valence-electron chi connectivity index (χ2n) is 5.55. The minimum absolute atomic E-state index is 0.0137. The van der Waals surface area contributed by atoms with Crippen LogP contribution in [0, 0.1) is 13.8 Å². The van der Waals surface area contributed by atoms with Crippen LogP contribution in [0.15, 0.2) is 35.0 Å². The third-order valence-electron chi connectivity index (χ3n) is 3.78. The molecule has 4 heteroatoms. The molecule has 0 bridgehead atoms. The van der Waals surface area contributed by atoms with Gasteiger partial charge >= 0.3 is 0 Å². The molecule has 0 aliphatic heterocycles. The maximum atomic E-state index is 12.3. The van der Waals surface area contributed by atoms with Gasteiger partial charge in [0.1, 0.15) is 0 Å². The number of aryl methyl sites for hydroxylation is 2. The fraction of sp³-hybridized carbons (Fsp3) is 0.353. The number of nitrogens with zero attached hydrogens (tertiary/aromatic N) is 1. The molecule has 0 fully saturated rings. The zero-order chi connectivity index (χ0) is 15.4. The number of nitrogens with one attached hydrogen (secondary N) is 1. The van der Waals surface area contributed by atoms with Gasteiger partial charge in [0, 0.05) is 12.1 Å². The van der Waals surface area contributed by atoms with Crippen molar-refractivity contribution in [3.63, 3.8) is 0 Å². The van der Waals surface area contributed by atoms with Gasteiger partial charge in [0.05, 0.1) is 6.04 Å². The highest BCUT2D eigenvalue weighted by Gasteiger charge is 2.16. The average molecular weight is 302 g/mol. The van der Waals surface area contributed by atoms with E-state index in [9.17, 15) is 4.79 Å². The van der Waals surface area contributed by atoms with Gasteiger partial charge in [0.25, 0.3) is 5.91 Å². The Balaban J connectivity index is 2.03. The first kappa shape index (κ1) is 15.7. The monoisotopic (exact) mass is 302 g/mol. The molecule has 1 N–H and O–H groups in total. The summed E-state index contributed by atoms with van der Waals surface area (Å²) in [5.74, 6) is -0.0137. The van der Waals surface area contributed by atoms with Crippen molar-refractivity contribution in [1.82, 2.24) is 10.2 Å². The van der Waals surface area contributed by atoms with E-state index in [0.717, 1.165) is 11.1 Å². The number of likely N-dealkylation sites (N-methyl/N-ethyl adjacent to an activating group) is 1. The summed E-state index contributed by atoms with van der Waals surface area (Å²) in [5, 5.41) is 7.24. The van der Waals surface area contributed by atoms with Crippen LogP contribution in [0.2, 0.25) is 0 Å². The lowest BCUT2D eigenvalue weighted by Crippen LogP contribution is -2.34. The summed E-state index contributed by atoms with van der Waals surface area (Å²) < 4.78 is 0. The van der Waals surface area contributed by atoms with E-state index in [1.165, 1.54) is 11.1 Å². The Morgan fingerprint density at radius 2 is 2.00 bits per heavy atom. The summed E-state index contributed by atoms with van der Waals surface area (Å²) >= 11 is 1.68. The Kier molecular flexibility index (Phi) is 5.15. The van der Waals surface area contributed by atoms with Crippen molar-refractivity contribution in [2.45, 2.75) is 19.9 Å². The normalized spacial score (nSPS) is 12.4. The average Bonchev–Trinajstić information content (AvgIpc) is 2.95. The van der Waals surface area contributed by atoms with Gasteiger partial charge in [-0.15, -0.1) is 0 Å². The molecule has 0 unspecified atom stereocenters. The number of carbonyl (C=O) groups is 1. The highest BCUT2D eigenvalue weighted by atomic mass is 32.1. The van der Waals surface area contributed by atoms with Crippen molar-refractivity contribution >= 4 is 17.2 Å². The fourth-order valence-corrected chi connectivity index (χ4v) is 2.94. The Morgan fingerprint density at radius 1 is 1.24 bits per heavy atom. The summed E-state index contributed by atoms with van der Waals surface area (Å²) in [6.07, 6.45) is 0. The smallest absolute Gasteiger partial charge is 0.251 e. The molecule has 0 aliphatic rings. The van der Waals surface area contributed by atoms with Crippen LogP contribution < -0.4 is 5.32 Å². The van der Waals surface area contributed by atoms with Gasteiger partial charge in [-0.05, 0) is 73.6 Å². The topological polar surface area (TPSA) is 32.3 Å². The molecule has 112 valence electrons. The predicted octanol–water partition coefficient (Wildman–Crippen LogP) is 3.40. The fourth-order valence-electron chi connectivity index (χ4n) is 2.24. The zero-order valence-corrected chi connectivity index (χ0v) is 13.8. The highest BCUT2D eigenvalue weighted by Crippen LogP contribution is 2.20. The van der Waals surface area contributed by atoms with Crippen molar-refractivity contribution in [1.29, 1.82) is 0 Å². The van der Waals surface area contributed by atoms with E-state index in [2.05, 4.69) is 34.0 Å². The number of rotatable bonds is 5. The third kappa shape index (κ3) is 3.93.